The SMILES string of the molecule is CN(C)c1cc(N[C@H]2CC[C@@H](NC(=O)c3cc(C(C)(C)C)c(O)c(C(C)(C)C)c3)CC2)nc2ccccc12. The van der Waals surface area contributed by atoms with Crippen LogP contribution >= 0.6 is 0 Å². The number of phenols is 1. The number of nitrogens with zero attached hydrogens (tertiary/aromatic N) is 2. The molecule has 1 aliphatic carbocycles. The Morgan fingerprint density at radius 2 is 1.45 bits per heavy atom. The molecule has 0 spiro atoms. The third-order valence-electron chi connectivity index (χ3n) is 7.58. The molecule has 38 heavy (non-hydrogen) atoms. The van der Waals surface area contributed by atoms with E-state index < -0.39 is 0 Å². The summed E-state index contributed by atoms with van der Waals surface area (Å²) in [6, 6.07) is 14.5. The Morgan fingerprint density at radius 3 is 2.00 bits per heavy atom. The van der Waals surface area contributed by atoms with Crippen LogP contribution in [-0.4, -0.2) is 42.2 Å². The number of aromatic nitrogens is 1. The molecule has 0 atom stereocenters. The van der Waals surface area contributed by atoms with Gasteiger partial charge in [0, 0.05) is 60.0 Å². The summed E-state index contributed by atoms with van der Waals surface area (Å²) in [6.45, 7) is 12.4. The Labute approximate surface area is 227 Å². The molecule has 1 amide bonds. The molecule has 2 aromatic carbocycles. The molecule has 1 aliphatic rings. The number of hydrogen-bond acceptors (Lipinski definition) is 5. The maximum atomic E-state index is 13.4. The number of hydrogen-bond donors (Lipinski definition) is 3. The number of amides is 1. The van der Waals surface area contributed by atoms with Gasteiger partial charge in [-0.05, 0) is 54.7 Å². The number of benzene rings is 2. The minimum Gasteiger partial charge on any atom is -0.507 e. The molecule has 3 aromatic rings. The van der Waals surface area contributed by atoms with E-state index in [4.69, 9.17) is 4.98 Å². The third kappa shape index (κ3) is 6.06. The van der Waals surface area contributed by atoms with Gasteiger partial charge in [0.15, 0.2) is 0 Å². The number of pyridine rings is 1. The summed E-state index contributed by atoms with van der Waals surface area (Å²) in [5.41, 5.74) is 3.83. The lowest BCUT2D eigenvalue weighted by atomic mass is 9.78. The van der Waals surface area contributed by atoms with Crippen molar-refractivity contribution in [1.29, 1.82) is 0 Å². The monoisotopic (exact) mass is 516 g/mol. The van der Waals surface area contributed by atoms with E-state index in [0.717, 1.165) is 59.2 Å². The fourth-order valence-electron chi connectivity index (χ4n) is 5.37. The Balaban J connectivity index is 1.44. The quantitative estimate of drug-likeness (QED) is 0.349. The van der Waals surface area contributed by atoms with Crippen LogP contribution in [-0.2, 0) is 10.8 Å². The van der Waals surface area contributed by atoms with E-state index in [9.17, 15) is 9.90 Å². The van der Waals surface area contributed by atoms with Gasteiger partial charge in [0.05, 0.1) is 5.52 Å². The van der Waals surface area contributed by atoms with Crippen LogP contribution in [0.3, 0.4) is 0 Å². The molecule has 0 unspecified atom stereocenters. The van der Waals surface area contributed by atoms with Crippen LogP contribution in [0.4, 0.5) is 11.5 Å². The molecular weight excluding hydrogens is 472 g/mol. The summed E-state index contributed by atoms with van der Waals surface area (Å²) >= 11 is 0. The molecule has 0 radical (unpaired) electrons. The van der Waals surface area contributed by atoms with Crippen molar-refractivity contribution in [3.8, 4) is 5.75 Å². The maximum Gasteiger partial charge on any atom is 0.251 e. The summed E-state index contributed by atoms with van der Waals surface area (Å²) in [7, 11) is 4.12. The largest absolute Gasteiger partial charge is 0.507 e. The molecule has 6 nitrogen and oxygen atoms in total. The van der Waals surface area contributed by atoms with E-state index >= 15 is 0 Å². The van der Waals surface area contributed by atoms with Crippen LogP contribution < -0.4 is 15.5 Å². The molecular formula is C32H44N4O2. The van der Waals surface area contributed by atoms with Crippen molar-refractivity contribution in [2.45, 2.75) is 90.1 Å². The zero-order chi connectivity index (χ0) is 27.8. The molecule has 204 valence electrons. The first-order valence-corrected chi connectivity index (χ1v) is 13.8. The van der Waals surface area contributed by atoms with Crippen molar-refractivity contribution >= 4 is 28.3 Å². The summed E-state index contributed by atoms with van der Waals surface area (Å²) in [5, 5.41) is 19.1. The second-order valence-electron chi connectivity index (χ2n) is 13.0. The van der Waals surface area contributed by atoms with E-state index in [2.05, 4.69) is 89.4 Å². The molecule has 1 heterocycles. The van der Waals surface area contributed by atoms with E-state index in [0.29, 0.717) is 17.4 Å². The molecule has 0 saturated heterocycles. The number of para-hydroxylation sites is 1. The van der Waals surface area contributed by atoms with Gasteiger partial charge in [0.2, 0.25) is 0 Å². The predicted molar refractivity (Wildman–Crippen MR) is 159 cm³/mol. The number of carbonyl (C=O) groups is 1. The zero-order valence-electron chi connectivity index (χ0n) is 24.3. The highest BCUT2D eigenvalue weighted by atomic mass is 16.3. The van der Waals surface area contributed by atoms with Crippen molar-refractivity contribution in [3.63, 3.8) is 0 Å². The first kappa shape index (κ1) is 27.7. The van der Waals surface area contributed by atoms with Gasteiger partial charge in [0.25, 0.3) is 5.91 Å². The highest BCUT2D eigenvalue weighted by molar-refractivity contribution is 5.95. The van der Waals surface area contributed by atoms with E-state index in [1.165, 1.54) is 0 Å². The average Bonchev–Trinajstić information content (AvgIpc) is 2.83. The number of anilines is 2. The summed E-state index contributed by atoms with van der Waals surface area (Å²) < 4.78 is 0. The van der Waals surface area contributed by atoms with Crippen molar-refractivity contribution in [1.82, 2.24) is 10.3 Å². The van der Waals surface area contributed by atoms with Gasteiger partial charge >= 0.3 is 0 Å². The molecule has 0 bridgehead atoms. The topological polar surface area (TPSA) is 77.5 Å². The van der Waals surface area contributed by atoms with Gasteiger partial charge in [-0.25, -0.2) is 4.98 Å². The zero-order valence-corrected chi connectivity index (χ0v) is 24.3. The first-order valence-electron chi connectivity index (χ1n) is 13.8. The Bertz CT molecular complexity index is 1270. The van der Waals surface area contributed by atoms with Crippen molar-refractivity contribution in [2.75, 3.05) is 24.3 Å². The van der Waals surface area contributed by atoms with Crippen molar-refractivity contribution in [2.24, 2.45) is 0 Å². The molecule has 4 rings (SSSR count). The normalized spacial score (nSPS) is 18.3. The van der Waals surface area contributed by atoms with Crippen LogP contribution in [0.15, 0.2) is 42.5 Å². The fraction of sp³-hybridized carbons (Fsp3) is 0.500. The summed E-state index contributed by atoms with van der Waals surface area (Å²) in [6.07, 6.45) is 3.75. The number of carbonyl (C=O) groups excluding carboxylic acids is 1. The number of phenolic OH excluding ortho intramolecular Hbond substituents is 1. The molecule has 1 fully saturated rings. The van der Waals surface area contributed by atoms with Gasteiger partial charge in [-0.1, -0.05) is 59.7 Å². The lowest BCUT2D eigenvalue weighted by Crippen LogP contribution is -2.40. The van der Waals surface area contributed by atoms with Crippen LogP contribution in [0.25, 0.3) is 10.9 Å². The summed E-state index contributed by atoms with van der Waals surface area (Å²) in [4.78, 5) is 20.3. The Hall–Kier alpha value is -3.28. The molecule has 0 aliphatic heterocycles. The average molecular weight is 517 g/mol. The second-order valence-corrected chi connectivity index (χ2v) is 13.0. The number of aromatic hydroxyl groups is 1. The molecule has 1 aromatic heterocycles. The highest BCUT2D eigenvalue weighted by Gasteiger charge is 2.29. The third-order valence-corrected chi connectivity index (χ3v) is 7.58. The fourth-order valence-corrected chi connectivity index (χ4v) is 5.37. The lowest BCUT2D eigenvalue weighted by molar-refractivity contribution is 0.0926. The summed E-state index contributed by atoms with van der Waals surface area (Å²) in [5.74, 6) is 1.13. The van der Waals surface area contributed by atoms with E-state index in [1.54, 1.807) is 0 Å². The predicted octanol–water partition coefficient (Wildman–Crippen LogP) is 6.75. The van der Waals surface area contributed by atoms with Crippen molar-refractivity contribution in [3.05, 3.63) is 59.2 Å². The van der Waals surface area contributed by atoms with Crippen molar-refractivity contribution < 1.29 is 9.90 Å². The van der Waals surface area contributed by atoms with Crippen LogP contribution in [0.5, 0.6) is 5.75 Å². The Kier molecular flexibility index (Phi) is 7.64. The van der Waals surface area contributed by atoms with Gasteiger partial charge in [-0.15, -0.1) is 0 Å². The number of rotatable bonds is 5. The van der Waals surface area contributed by atoms with Gasteiger partial charge in [0.1, 0.15) is 11.6 Å². The van der Waals surface area contributed by atoms with Crippen LogP contribution in [0.2, 0.25) is 0 Å². The minimum atomic E-state index is -0.270. The smallest absolute Gasteiger partial charge is 0.251 e. The standard InChI is InChI=1S/C32H44N4O2/c1-31(2,3)24-17-20(18-25(29(24)37)32(4,5)6)30(38)34-22-15-13-21(14-16-22)33-28-19-27(36(7)8)23-11-9-10-12-26(23)35-28/h9-12,17-19,21-22,37H,13-16H2,1-8H3,(H,33,35)(H,34,38)/t21-,22+. The second kappa shape index (κ2) is 10.5. The highest BCUT2D eigenvalue weighted by Crippen LogP contribution is 2.40. The lowest BCUT2D eigenvalue weighted by Gasteiger charge is -2.31. The minimum absolute atomic E-state index is 0.0655. The molecule has 6 heteroatoms. The number of fused-ring (bicyclic) bond motifs is 1. The maximum absolute atomic E-state index is 13.4. The first-order chi connectivity index (χ1) is 17.7. The van der Waals surface area contributed by atoms with Gasteiger partial charge in [-0.2, -0.15) is 0 Å². The van der Waals surface area contributed by atoms with Gasteiger partial charge in [-0.3, -0.25) is 4.79 Å². The van der Waals surface area contributed by atoms with Gasteiger partial charge < -0.3 is 20.6 Å². The molecule has 1 saturated carbocycles. The van der Waals surface area contributed by atoms with E-state index in [-0.39, 0.29) is 22.8 Å². The Morgan fingerprint density at radius 1 is 0.895 bits per heavy atom. The van der Waals surface area contributed by atoms with Crippen LogP contribution in [0.1, 0.15) is 88.7 Å². The van der Waals surface area contributed by atoms with E-state index in [1.807, 2.05) is 24.3 Å². The van der Waals surface area contributed by atoms with Crippen LogP contribution in [0, 0.1) is 0 Å². The molecule has 3 N–H and O–H groups in total. The number of nitrogens with one attached hydrogen (secondary N) is 2.